The molecule has 1 heterocycles. The Morgan fingerprint density at radius 1 is 0.946 bits per heavy atom. The second-order valence-electron chi connectivity index (χ2n) is 8.42. The first-order valence-corrected chi connectivity index (χ1v) is 15.0. The number of para-hydroxylation sites is 1. The maximum atomic E-state index is 13.7. The van der Waals surface area contributed by atoms with Gasteiger partial charge in [-0.05, 0) is 67.7 Å². The van der Waals surface area contributed by atoms with E-state index in [9.17, 15) is 13.2 Å². The number of fused-ring (bicyclic) bond motifs is 1. The number of carbonyl (C=O) groups excluding carboxylic acids is 1. The van der Waals surface area contributed by atoms with Gasteiger partial charge in [0.25, 0.3) is 15.9 Å². The summed E-state index contributed by atoms with van der Waals surface area (Å²) in [4.78, 5) is 22.5. The lowest BCUT2D eigenvalue weighted by Gasteiger charge is -2.25. The Morgan fingerprint density at radius 2 is 1.62 bits per heavy atom. The van der Waals surface area contributed by atoms with Crippen molar-refractivity contribution in [3.05, 3.63) is 82.8 Å². The van der Waals surface area contributed by atoms with Crippen LogP contribution in [0.15, 0.2) is 82.2 Å². The van der Waals surface area contributed by atoms with Crippen LogP contribution in [0.3, 0.4) is 0 Å². The van der Waals surface area contributed by atoms with Crippen molar-refractivity contribution in [2.45, 2.75) is 18.7 Å². The minimum absolute atomic E-state index is 0.120. The summed E-state index contributed by atoms with van der Waals surface area (Å²) in [5.74, 6) is -0.217. The number of rotatable bonds is 10. The Kier molecular flexibility index (Phi) is 8.63. The highest BCUT2D eigenvalue weighted by molar-refractivity contribution is 9.10. The first kappa shape index (κ1) is 27.3. The summed E-state index contributed by atoms with van der Waals surface area (Å²) in [5.41, 5.74) is 1.79. The number of likely N-dealkylation sites (N-methyl/N-ethyl adjacent to an activating group) is 1. The SMILES string of the molecule is CCN(CC)CCN(C(=O)c1ccc(S(=O)(=O)N(C)c2ccccc2)cc1)c1nc2ccc(Br)cc2s1. The van der Waals surface area contributed by atoms with Crippen molar-refractivity contribution in [1.29, 1.82) is 0 Å². The van der Waals surface area contributed by atoms with Gasteiger partial charge in [-0.2, -0.15) is 0 Å². The molecule has 0 N–H and O–H groups in total. The van der Waals surface area contributed by atoms with Crippen LogP contribution in [0.4, 0.5) is 10.8 Å². The number of thiazole rings is 1. The average Bonchev–Trinajstić information content (AvgIpc) is 3.33. The normalized spacial score (nSPS) is 11.7. The molecule has 0 saturated heterocycles. The van der Waals surface area contributed by atoms with Gasteiger partial charge in [0.05, 0.1) is 20.8 Å². The molecule has 0 aliphatic carbocycles. The molecule has 37 heavy (non-hydrogen) atoms. The zero-order chi connectivity index (χ0) is 26.6. The minimum atomic E-state index is -3.77. The van der Waals surface area contributed by atoms with Gasteiger partial charge < -0.3 is 4.90 Å². The highest BCUT2D eigenvalue weighted by Crippen LogP contribution is 2.32. The Bertz CT molecular complexity index is 1470. The molecule has 4 rings (SSSR count). The summed E-state index contributed by atoms with van der Waals surface area (Å²) in [6.07, 6.45) is 0. The highest BCUT2D eigenvalue weighted by atomic mass is 79.9. The van der Waals surface area contributed by atoms with Crippen molar-refractivity contribution in [3.63, 3.8) is 0 Å². The van der Waals surface area contributed by atoms with Crippen molar-refractivity contribution in [1.82, 2.24) is 9.88 Å². The maximum Gasteiger partial charge on any atom is 0.264 e. The van der Waals surface area contributed by atoms with Gasteiger partial charge in [0, 0.05) is 30.2 Å². The predicted molar refractivity (Wildman–Crippen MR) is 155 cm³/mol. The zero-order valence-corrected chi connectivity index (χ0v) is 24.2. The quantitative estimate of drug-likeness (QED) is 0.227. The van der Waals surface area contributed by atoms with Gasteiger partial charge in [-0.15, -0.1) is 0 Å². The number of hydrogen-bond donors (Lipinski definition) is 0. The fraction of sp³-hybridized carbons (Fsp3) is 0.259. The number of sulfonamides is 1. The highest BCUT2D eigenvalue weighted by Gasteiger charge is 2.25. The van der Waals surface area contributed by atoms with E-state index in [1.54, 1.807) is 41.3 Å². The number of hydrogen-bond acceptors (Lipinski definition) is 6. The molecule has 3 aromatic carbocycles. The first-order chi connectivity index (χ1) is 17.7. The second kappa shape index (κ2) is 11.7. The van der Waals surface area contributed by atoms with Crippen LogP contribution in [0.1, 0.15) is 24.2 Å². The molecule has 4 aromatic rings. The molecular weight excluding hydrogens is 572 g/mol. The molecule has 0 aliphatic heterocycles. The third-order valence-corrected chi connectivity index (χ3v) is 9.56. The van der Waals surface area contributed by atoms with Crippen molar-refractivity contribution in [3.8, 4) is 0 Å². The summed E-state index contributed by atoms with van der Waals surface area (Å²) in [6, 6.07) is 20.8. The van der Waals surface area contributed by atoms with Gasteiger partial charge in [-0.25, -0.2) is 13.4 Å². The van der Waals surface area contributed by atoms with E-state index in [4.69, 9.17) is 4.98 Å². The van der Waals surface area contributed by atoms with Gasteiger partial charge in [0.1, 0.15) is 0 Å². The lowest BCUT2D eigenvalue weighted by Crippen LogP contribution is -2.38. The third-order valence-electron chi connectivity index (χ3n) is 6.23. The largest absolute Gasteiger partial charge is 0.302 e. The molecule has 0 unspecified atom stereocenters. The number of anilines is 2. The lowest BCUT2D eigenvalue weighted by atomic mass is 10.2. The van der Waals surface area contributed by atoms with Gasteiger partial charge in [0.15, 0.2) is 5.13 Å². The molecule has 0 spiro atoms. The number of benzene rings is 3. The molecule has 0 aliphatic rings. The van der Waals surface area contributed by atoms with Crippen LogP contribution in [-0.2, 0) is 10.0 Å². The van der Waals surface area contributed by atoms with E-state index in [1.165, 1.54) is 34.8 Å². The van der Waals surface area contributed by atoms with Crippen LogP contribution in [-0.4, -0.2) is 57.4 Å². The Balaban J connectivity index is 1.63. The van der Waals surface area contributed by atoms with Crippen molar-refractivity contribution in [2.24, 2.45) is 0 Å². The van der Waals surface area contributed by atoms with E-state index in [0.29, 0.717) is 29.5 Å². The van der Waals surface area contributed by atoms with E-state index >= 15 is 0 Å². The van der Waals surface area contributed by atoms with Crippen LogP contribution < -0.4 is 9.21 Å². The van der Waals surface area contributed by atoms with Gasteiger partial charge >= 0.3 is 0 Å². The topological polar surface area (TPSA) is 73.8 Å². The molecule has 0 saturated carbocycles. The maximum absolute atomic E-state index is 13.7. The standard InChI is InChI=1S/C27H29BrN4O3S2/c1-4-31(5-2)17-18-32(27-29-24-16-13-21(28)19-25(24)36-27)26(33)20-11-14-23(15-12-20)37(34,35)30(3)22-9-7-6-8-10-22/h6-16,19H,4-5,17-18H2,1-3H3. The molecule has 0 radical (unpaired) electrons. The van der Waals surface area contributed by atoms with Crippen LogP contribution in [0.2, 0.25) is 0 Å². The van der Waals surface area contributed by atoms with E-state index in [2.05, 4.69) is 34.7 Å². The fourth-order valence-corrected chi connectivity index (χ4v) is 6.66. The average molecular weight is 602 g/mol. The first-order valence-electron chi connectivity index (χ1n) is 12.0. The van der Waals surface area contributed by atoms with Crippen LogP contribution in [0.25, 0.3) is 10.2 Å². The monoisotopic (exact) mass is 600 g/mol. The smallest absolute Gasteiger partial charge is 0.264 e. The van der Waals surface area contributed by atoms with Gasteiger partial charge in [-0.1, -0.05) is 59.3 Å². The number of nitrogens with zero attached hydrogens (tertiary/aromatic N) is 4. The lowest BCUT2D eigenvalue weighted by molar-refractivity contribution is 0.0983. The predicted octanol–water partition coefficient (Wildman–Crippen LogP) is 5.87. The van der Waals surface area contributed by atoms with Crippen molar-refractivity contribution < 1.29 is 13.2 Å². The van der Waals surface area contributed by atoms with Crippen LogP contribution >= 0.6 is 27.3 Å². The fourth-order valence-electron chi connectivity index (χ4n) is 3.93. The number of aromatic nitrogens is 1. The summed E-state index contributed by atoms with van der Waals surface area (Å²) in [6.45, 7) is 7.12. The summed E-state index contributed by atoms with van der Waals surface area (Å²) < 4.78 is 29.5. The van der Waals surface area contributed by atoms with Crippen LogP contribution in [0.5, 0.6) is 0 Å². The molecule has 1 amide bonds. The van der Waals surface area contributed by atoms with E-state index in [1.807, 2.05) is 24.3 Å². The van der Waals surface area contributed by atoms with Crippen molar-refractivity contribution >= 4 is 64.2 Å². The Hall–Kier alpha value is -2.79. The Labute approximate surface area is 230 Å². The molecule has 10 heteroatoms. The van der Waals surface area contributed by atoms with Gasteiger partial charge in [-0.3, -0.25) is 14.0 Å². The number of carbonyl (C=O) groups is 1. The molecule has 0 bridgehead atoms. The van der Waals surface area contributed by atoms with Crippen LogP contribution in [0, 0.1) is 0 Å². The minimum Gasteiger partial charge on any atom is -0.302 e. The molecule has 0 fully saturated rings. The Morgan fingerprint density at radius 3 is 2.27 bits per heavy atom. The summed E-state index contributed by atoms with van der Waals surface area (Å²) in [7, 11) is -2.25. The van der Waals surface area contributed by atoms with Crippen molar-refractivity contribution in [2.75, 3.05) is 42.4 Å². The molecule has 194 valence electrons. The zero-order valence-electron chi connectivity index (χ0n) is 21.0. The summed E-state index contributed by atoms with van der Waals surface area (Å²) in [5, 5.41) is 0.616. The van der Waals surface area contributed by atoms with E-state index in [-0.39, 0.29) is 10.8 Å². The number of amides is 1. The van der Waals surface area contributed by atoms with E-state index in [0.717, 1.165) is 27.8 Å². The third kappa shape index (κ3) is 6.04. The van der Waals surface area contributed by atoms with E-state index < -0.39 is 10.0 Å². The van der Waals surface area contributed by atoms with Gasteiger partial charge in [0.2, 0.25) is 0 Å². The number of halogens is 1. The second-order valence-corrected chi connectivity index (χ2v) is 12.3. The summed E-state index contributed by atoms with van der Waals surface area (Å²) >= 11 is 4.96. The molecule has 1 aromatic heterocycles. The molecular formula is C27H29BrN4O3S2. The molecule has 7 nitrogen and oxygen atoms in total. The molecule has 0 atom stereocenters.